The van der Waals surface area contributed by atoms with Crippen molar-refractivity contribution < 1.29 is 32.1 Å². The first kappa shape index (κ1) is 34.1. The van der Waals surface area contributed by atoms with Gasteiger partial charge in [-0.15, -0.1) is 0 Å². The van der Waals surface area contributed by atoms with Gasteiger partial charge >= 0.3 is 12.0 Å². The average molecular weight is 682 g/mol. The van der Waals surface area contributed by atoms with Gasteiger partial charge in [-0.05, 0) is 58.5 Å². The van der Waals surface area contributed by atoms with Crippen LogP contribution in [0.1, 0.15) is 17.8 Å². The van der Waals surface area contributed by atoms with Crippen LogP contribution in [0.4, 0.5) is 24.7 Å². The summed E-state index contributed by atoms with van der Waals surface area (Å²) in [6.45, 7) is 0.436. The molecular formula is C32H29ClF3N8O4+. The molecular weight excluding hydrogens is 653 g/mol. The highest BCUT2D eigenvalue weighted by Crippen LogP contribution is 2.32. The molecule has 4 heterocycles. The number of carbonyl (C=O) groups is 1. The van der Waals surface area contributed by atoms with Crippen LogP contribution in [0.25, 0.3) is 10.9 Å². The van der Waals surface area contributed by atoms with Gasteiger partial charge < -0.3 is 24.7 Å². The molecule has 0 saturated carbocycles. The summed E-state index contributed by atoms with van der Waals surface area (Å²) in [4.78, 5) is 43.6. The van der Waals surface area contributed by atoms with Crippen LogP contribution in [-0.4, -0.2) is 74.2 Å². The molecule has 0 bridgehead atoms. The average Bonchev–Trinajstić information content (AvgIpc) is 3.45. The van der Waals surface area contributed by atoms with Gasteiger partial charge in [0.25, 0.3) is 0 Å². The quantitative estimate of drug-likeness (QED) is 0.0773. The number of ether oxygens (including phenoxy) is 1. The minimum atomic E-state index is -4.75. The van der Waals surface area contributed by atoms with Crippen LogP contribution in [0.15, 0.2) is 89.7 Å². The van der Waals surface area contributed by atoms with E-state index in [2.05, 4.69) is 30.2 Å². The molecule has 0 aliphatic carbocycles. The monoisotopic (exact) mass is 681 g/mol. The number of halogens is 4. The Morgan fingerprint density at radius 1 is 1.12 bits per heavy atom. The number of likely N-dealkylation sites (N-methyl/N-ethyl adjacent to an activating group) is 1. The number of hydrogen-bond acceptors (Lipinski definition) is 10. The molecule has 1 aromatic carbocycles. The van der Waals surface area contributed by atoms with Crippen LogP contribution < -0.4 is 10.1 Å². The van der Waals surface area contributed by atoms with Gasteiger partial charge in [0, 0.05) is 23.0 Å². The Bertz CT molecular complexity index is 1950. The number of carbonyl (C=O) groups excluding carboxylic acids is 1. The number of anilines is 2. The van der Waals surface area contributed by atoms with Crippen molar-refractivity contribution in [2.45, 2.75) is 25.6 Å². The van der Waals surface area contributed by atoms with Gasteiger partial charge in [-0.25, -0.2) is 9.97 Å². The topological polar surface area (TPSA) is 145 Å². The number of pyridine rings is 2. The zero-order valence-corrected chi connectivity index (χ0v) is 26.5. The minimum Gasteiger partial charge on any atom is -0.486 e. The van der Waals surface area contributed by atoms with E-state index in [1.165, 1.54) is 18.6 Å². The smallest absolute Gasteiger partial charge is 0.454 e. The van der Waals surface area contributed by atoms with E-state index >= 15 is 0 Å². The maximum absolute atomic E-state index is 13.1. The number of hydrogen-bond donors (Lipinski definition) is 1. The number of fused-ring (bicyclic) bond motifs is 1. The normalized spacial score (nSPS) is 13.7. The van der Waals surface area contributed by atoms with Gasteiger partial charge in [-0.3, -0.25) is 14.8 Å². The summed E-state index contributed by atoms with van der Waals surface area (Å²) < 4.78 is 45.2. The van der Waals surface area contributed by atoms with Gasteiger partial charge in [0.1, 0.15) is 31.0 Å². The minimum absolute atomic E-state index is 0.0174. The van der Waals surface area contributed by atoms with Crippen LogP contribution in [0.5, 0.6) is 5.75 Å². The Labute approximate surface area is 277 Å². The molecule has 0 amide bonds. The molecule has 16 heteroatoms. The van der Waals surface area contributed by atoms with Gasteiger partial charge in [0.05, 0.1) is 61.5 Å². The second-order valence-corrected chi connectivity index (χ2v) is 11.9. The Hall–Kier alpha value is -5.28. The summed E-state index contributed by atoms with van der Waals surface area (Å²) in [6, 6.07) is 12.5. The summed E-state index contributed by atoms with van der Waals surface area (Å²) in [6.07, 6.45) is 2.12. The fraction of sp³-hybridized carbons (Fsp3) is 0.250. The van der Waals surface area contributed by atoms with E-state index in [9.17, 15) is 28.1 Å². The van der Waals surface area contributed by atoms with E-state index in [1.807, 2.05) is 18.2 Å². The van der Waals surface area contributed by atoms with Crippen molar-refractivity contribution >= 4 is 45.5 Å². The second-order valence-electron chi connectivity index (χ2n) is 11.5. The number of quaternary nitrogens is 1. The van der Waals surface area contributed by atoms with Gasteiger partial charge in [0.15, 0.2) is 5.78 Å². The summed E-state index contributed by atoms with van der Waals surface area (Å²) >= 11 is 6.47. The summed E-state index contributed by atoms with van der Waals surface area (Å²) in [5, 5.41) is 15.5. The molecule has 248 valence electrons. The largest absolute Gasteiger partial charge is 0.486 e. The number of allylic oxidation sites excluding steroid dienone is 1. The van der Waals surface area contributed by atoms with E-state index in [0.717, 1.165) is 5.69 Å². The molecule has 0 unspecified atom stereocenters. The number of nitro groups is 1. The predicted molar refractivity (Wildman–Crippen MR) is 172 cm³/mol. The SMILES string of the molecule is C[N+](C)(C/C=C/C(=O)Cc1cc2c(Nc3ccc(OCc4ccccn4)c(Cl)c3)ncnc2cn1)CC1=C([N+](=O)[O-])N=C(C(F)(F)F)C1. The third-order valence-corrected chi connectivity index (χ3v) is 7.49. The summed E-state index contributed by atoms with van der Waals surface area (Å²) in [5.41, 5.74) is 1.21. The van der Waals surface area contributed by atoms with Gasteiger partial charge in [-0.2, -0.15) is 13.2 Å². The Balaban J connectivity index is 1.21. The number of rotatable bonds is 13. The lowest BCUT2D eigenvalue weighted by Crippen LogP contribution is -2.41. The molecule has 1 aliphatic rings. The van der Waals surface area contributed by atoms with Crippen molar-refractivity contribution in [2.24, 2.45) is 4.99 Å². The number of nitrogens with zero attached hydrogens (tertiary/aromatic N) is 7. The van der Waals surface area contributed by atoms with E-state index in [0.29, 0.717) is 38.9 Å². The standard InChI is InChI=1S/C32H29ClF3N8O4/c1-44(2,17-20-12-29(32(34,35)36)42-31(20)43(46)47)11-5-7-24(45)13-23-14-25-27(16-38-23)39-19-40-30(25)41-21-8-9-28(26(33)15-21)48-18-22-6-3-4-10-37-22/h3-10,14-16,19H,11-13,17-18H2,1-2H3,(H,39,40,41)/q+1/b7-5+. The number of alkyl halides is 3. The zero-order valence-electron chi connectivity index (χ0n) is 25.7. The lowest BCUT2D eigenvalue weighted by Gasteiger charge is -2.28. The molecule has 0 saturated heterocycles. The van der Waals surface area contributed by atoms with Crippen molar-refractivity contribution in [1.82, 2.24) is 19.9 Å². The van der Waals surface area contributed by atoms with Gasteiger partial charge in [0.2, 0.25) is 5.71 Å². The maximum atomic E-state index is 13.1. The molecule has 1 N–H and O–H groups in total. The maximum Gasteiger partial charge on any atom is 0.454 e. The van der Waals surface area contributed by atoms with E-state index in [4.69, 9.17) is 16.3 Å². The molecule has 0 spiro atoms. The molecule has 12 nitrogen and oxygen atoms in total. The van der Waals surface area contributed by atoms with Crippen molar-refractivity contribution in [3.05, 3.63) is 111 Å². The van der Waals surface area contributed by atoms with Crippen LogP contribution in [-0.2, 0) is 17.8 Å². The number of ketones is 1. The fourth-order valence-electron chi connectivity index (χ4n) is 4.94. The van der Waals surface area contributed by atoms with Crippen LogP contribution in [0.3, 0.4) is 0 Å². The predicted octanol–water partition coefficient (Wildman–Crippen LogP) is 6.04. The lowest BCUT2D eigenvalue weighted by atomic mass is 10.1. The number of aromatic nitrogens is 4. The Morgan fingerprint density at radius 2 is 1.94 bits per heavy atom. The molecule has 48 heavy (non-hydrogen) atoms. The third kappa shape index (κ3) is 8.74. The molecule has 3 aromatic heterocycles. The number of benzene rings is 1. The van der Waals surface area contributed by atoms with Crippen LogP contribution in [0.2, 0.25) is 5.02 Å². The molecule has 0 radical (unpaired) electrons. The summed E-state index contributed by atoms with van der Waals surface area (Å²) in [5.74, 6) is -0.0892. The second kappa shape index (κ2) is 14.2. The van der Waals surface area contributed by atoms with E-state index < -0.39 is 29.1 Å². The molecule has 4 aromatic rings. The van der Waals surface area contributed by atoms with Crippen molar-refractivity contribution in [3.63, 3.8) is 0 Å². The lowest BCUT2D eigenvalue weighted by molar-refractivity contribution is -0.880. The first-order valence-corrected chi connectivity index (χ1v) is 14.9. The first-order chi connectivity index (χ1) is 22.8. The van der Waals surface area contributed by atoms with Crippen LogP contribution in [0, 0.1) is 10.1 Å². The Morgan fingerprint density at radius 3 is 2.65 bits per heavy atom. The molecule has 1 aliphatic heterocycles. The molecule has 0 fully saturated rings. The zero-order chi connectivity index (χ0) is 34.5. The number of aliphatic imine (C=N–C) groups is 1. The van der Waals surface area contributed by atoms with Crippen LogP contribution >= 0.6 is 11.6 Å². The highest BCUT2D eigenvalue weighted by Gasteiger charge is 2.47. The summed E-state index contributed by atoms with van der Waals surface area (Å²) in [7, 11) is 3.39. The van der Waals surface area contributed by atoms with Crippen molar-refractivity contribution in [3.8, 4) is 5.75 Å². The third-order valence-electron chi connectivity index (χ3n) is 7.19. The fourth-order valence-corrected chi connectivity index (χ4v) is 5.18. The van der Waals surface area contributed by atoms with Gasteiger partial charge in [-0.1, -0.05) is 17.7 Å². The van der Waals surface area contributed by atoms with Crippen molar-refractivity contribution in [1.29, 1.82) is 0 Å². The first-order valence-electron chi connectivity index (χ1n) is 14.5. The van der Waals surface area contributed by atoms with E-state index in [1.54, 1.807) is 50.6 Å². The highest BCUT2D eigenvalue weighted by molar-refractivity contribution is 6.32. The molecule has 0 atom stereocenters. The number of nitrogens with one attached hydrogen (secondary N) is 1. The van der Waals surface area contributed by atoms with E-state index in [-0.39, 0.29) is 42.0 Å². The highest BCUT2D eigenvalue weighted by atomic mass is 35.5. The Kier molecular flexibility index (Phi) is 10.1. The molecule has 5 rings (SSSR count). The van der Waals surface area contributed by atoms with Crippen molar-refractivity contribution in [2.75, 3.05) is 32.5 Å².